The molecule has 0 saturated heterocycles. The summed E-state index contributed by atoms with van der Waals surface area (Å²) in [4.78, 5) is 11.4. The summed E-state index contributed by atoms with van der Waals surface area (Å²) < 4.78 is 18.2. The third-order valence-electron chi connectivity index (χ3n) is 2.25. The molecule has 0 spiro atoms. The van der Waals surface area contributed by atoms with Gasteiger partial charge in [-0.1, -0.05) is 26.0 Å². The molecule has 0 bridgehead atoms. The van der Waals surface area contributed by atoms with Crippen LogP contribution in [0, 0.1) is 11.7 Å². The maximum atomic E-state index is 13.2. The topological polar surface area (TPSA) is 26.3 Å². The summed E-state index contributed by atoms with van der Waals surface area (Å²) in [6.45, 7) is 4.57. The summed E-state index contributed by atoms with van der Waals surface area (Å²) in [6.07, 6.45) is 1.82. The van der Waals surface area contributed by atoms with Crippen molar-refractivity contribution in [2.24, 2.45) is 5.92 Å². The van der Waals surface area contributed by atoms with E-state index in [0.717, 1.165) is 12.8 Å². The third kappa shape index (κ3) is 4.01. The Morgan fingerprint density at radius 1 is 1.38 bits per heavy atom. The number of hydrogen-bond acceptors (Lipinski definition) is 2. The van der Waals surface area contributed by atoms with Gasteiger partial charge in [0.1, 0.15) is 5.82 Å². The molecule has 0 aliphatic rings. The van der Waals surface area contributed by atoms with E-state index < -0.39 is 11.8 Å². The van der Waals surface area contributed by atoms with Crippen molar-refractivity contribution >= 4 is 5.97 Å². The number of esters is 1. The zero-order chi connectivity index (χ0) is 12.0. The minimum atomic E-state index is -0.582. The van der Waals surface area contributed by atoms with E-state index in [0.29, 0.717) is 12.5 Å². The molecule has 0 aromatic heterocycles. The molecule has 2 nitrogen and oxygen atoms in total. The monoisotopic (exact) mass is 224 g/mol. The van der Waals surface area contributed by atoms with E-state index in [-0.39, 0.29) is 5.56 Å². The van der Waals surface area contributed by atoms with Gasteiger partial charge in [-0.3, -0.25) is 0 Å². The van der Waals surface area contributed by atoms with Crippen LogP contribution >= 0.6 is 0 Å². The van der Waals surface area contributed by atoms with E-state index in [4.69, 9.17) is 4.74 Å². The molecule has 0 aliphatic heterocycles. The predicted molar refractivity (Wildman–Crippen MR) is 60.8 cm³/mol. The zero-order valence-electron chi connectivity index (χ0n) is 9.70. The summed E-state index contributed by atoms with van der Waals surface area (Å²) >= 11 is 0. The van der Waals surface area contributed by atoms with E-state index in [1.54, 1.807) is 12.1 Å². The number of carbonyl (C=O) groups is 1. The first-order valence-electron chi connectivity index (χ1n) is 5.53. The van der Waals surface area contributed by atoms with Gasteiger partial charge >= 0.3 is 5.97 Å². The second-order valence-corrected chi connectivity index (χ2v) is 4.15. The lowest BCUT2D eigenvalue weighted by atomic mass is 10.1. The normalized spacial score (nSPS) is 10.5. The number of rotatable bonds is 5. The molecule has 1 rings (SSSR count). The fraction of sp³-hybridized carbons (Fsp3) is 0.462. The maximum absolute atomic E-state index is 13.2. The average Bonchev–Trinajstić information content (AvgIpc) is 2.24. The van der Waals surface area contributed by atoms with Crippen molar-refractivity contribution < 1.29 is 13.9 Å². The lowest BCUT2D eigenvalue weighted by Crippen LogP contribution is -2.08. The summed E-state index contributed by atoms with van der Waals surface area (Å²) in [5.74, 6) is -0.523. The van der Waals surface area contributed by atoms with Crippen LogP contribution in [0.4, 0.5) is 4.39 Å². The highest BCUT2D eigenvalue weighted by Crippen LogP contribution is 2.09. The Morgan fingerprint density at radius 2 is 2.06 bits per heavy atom. The molecule has 0 amide bonds. The van der Waals surface area contributed by atoms with Crippen molar-refractivity contribution in [3.63, 3.8) is 0 Å². The van der Waals surface area contributed by atoms with Crippen molar-refractivity contribution in [2.75, 3.05) is 6.61 Å². The van der Waals surface area contributed by atoms with Crippen molar-refractivity contribution in [2.45, 2.75) is 26.7 Å². The van der Waals surface area contributed by atoms with Gasteiger partial charge in [0.25, 0.3) is 0 Å². The van der Waals surface area contributed by atoms with E-state index in [9.17, 15) is 9.18 Å². The van der Waals surface area contributed by atoms with Crippen LogP contribution < -0.4 is 0 Å². The molecule has 0 radical (unpaired) electrons. The Kier molecular flexibility index (Phi) is 4.96. The molecular formula is C13H17FO2. The van der Waals surface area contributed by atoms with Gasteiger partial charge in [-0.05, 0) is 30.9 Å². The number of hydrogen-bond donors (Lipinski definition) is 0. The van der Waals surface area contributed by atoms with Gasteiger partial charge in [0, 0.05) is 0 Å². The molecule has 88 valence electrons. The summed E-state index contributed by atoms with van der Waals surface area (Å²) in [5.41, 5.74) is 0.00652. The van der Waals surface area contributed by atoms with Crippen LogP contribution in [-0.4, -0.2) is 12.6 Å². The van der Waals surface area contributed by atoms with Gasteiger partial charge in [0.15, 0.2) is 0 Å². The van der Waals surface area contributed by atoms with Crippen LogP contribution in [0.3, 0.4) is 0 Å². The van der Waals surface area contributed by atoms with Crippen molar-refractivity contribution in [1.82, 2.24) is 0 Å². The second-order valence-electron chi connectivity index (χ2n) is 4.15. The summed E-state index contributed by atoms with van der Waals surface area (Å²) in [7, 11) is 0. The molecule has 0 atom stereocenters. The molecule has 0 saturated carbocycles. The number of carbonyl (C=O) groups excluding carboxylic acids is 1. The highest BCUT2D eigenvalue weighted by molar-refractivity contribution is 5.89. The highest BCUT2D eigenvalue weighted by Gasteiger charge is 2.11. The first-order valence-corrected chi connectivity index (χ1v) is 5.53. The van der Waals surface area contributed by atoms with Crippen LogP contribution in [-0.2, 0) is 4.74 Å². The highest BCUT2D eigenvalue weighted by atomic mass is 19.1. The summed E-state index contributed by atoms with van der Waals surface area (Å²) in [6, 6.07) is 5.85. The fourth-order valence-electron chi connectivity index (χ4n) is 1.36. The first-order chi connectivity index (χ1) is 7.61. The fourth-order valence-corrected chi connectivity index (χ4v) is 1.36. The molecule has 1 aromatic carbocycles. The zero-order valence-corrected chi connectivity index (χ0v) is 9.70. The van der Waals surface area contributed by atoms with Crippen LogP contribution in [0.2, 0.25) is 0 Å². The Labute approximate surface area is 95.4 Å². The third-order valence-corrected chi connectivity index (χ3v) is 2.25. The van der Waals surface area contributed by atoms with E-state index in [2.05, 4.69) is 13.8 Å². The smallest absolute Gasteiger partial charge is 0.341 e. The average molecular weight is 224 g/mol. The first kappa shape index (κ1) is 12.7. The van der Waals surface area contributed by atoms with E-state index in [1.807, 2.05) is 0 Å². The molecule has 0 aliphatic carbocycles. The number of halogens is 1. The Morgan fingerprint density at radius 3 is 2.69 bits per heavy atom. The molecular weight excluding hydrogens is 207 g/mol. The Balaban J connectivity index is 2.39. The SMILES string of the molecule is CC(C)CCCOC(=O)c1ccccc1F. The lowest BCUT2D eigenvalue weighted by Gasteiger charge is -2.06. The van der Waals surface area contributed by atoms with Crippen LogP contribution in [0.25, 0.3) is 0 Å². The lowest BCUT2D eigenvalue weighted by molar-refractivity contribution is 0.0489. The Bertz CT molecular complexity index is 348. The van der Waals surface area contributed by atoms with Crippen LogP contribution in [0.1, 0.15) is 37.0 Å². The minimum absolute atomic E-state index is 0.00652. The van der Waals surface area contributed by atoms with Crippen LogP contribution in [0.15, 0.2) is 24.3 Å². The quantitative estimate of drug-likeness (QED) is 0.566. The van der Waals surface area contributed by atoms with Gasteiger partial charge < -0.3 is 4.74 Å². The molecule has 0 fully saturated rings. The van der Waals surface area contributed by atoms with E-state index >= 15 is 0 Å². The molecule has 1 aromatic rings. The second kappa shape index (κ2) is 6.26. The standard InChI is InChI=1S/C13H17FO2/c1-10(2)6-5-9-16-13(15)11-7-3-4-8-12(11)14/h3-4,7-8,10H,5-6,9H2,1-2H3. The number of ether oxygens (including phenoxy) is 1. The molecule has 3 heteroatoms. The van der Waals surface area contributed by atoms with Gasteiger partial charge in [0.05, 0.1) is 12.2 Å². The predicted octanol–water partition coefficient (Wildman–Crippen LogP) is 3.42. The van der Waals surface area contributed by atoms with Gasteiger partial charge in [0.2, 0.25) is 0 Å². The molecule has 16 heavy (non-hydrogen) atoms. The molecule has 0 heterocycles. The molecule has 0 unspecified atom stereocenters. The number of benzene rings is 1. The van der Waals surface area contributed by atoms with Crippen molar-refractivity contribution in [3.8, 4) is 0 Å². The van der Waals surface area contributed by atoms with Crippen molar-refractivity contribution in [3.05, 3.63) is 35.6 Å². The van der Waals surface area contributed by atoms with Gasteiger partial charge in [-0.25, -0.2) is 9.18 Å². The maximum Gasteiger partial charge on any atom is 0.341 e. The van der Waals surface area contributed by atoms with E-state index in [1.165, 1.54) is 12.1 Å². The van der Waals surface area contributed by atoms with Gasteiger partial charge in [-0.2, -0.15) is 0 Å². The molecule has 0 N–H and O–H groups in total. The van der Waals surface area contributed by atoms with Crippen molar-refractivity contribution in [1.29, 1.82) is 0 Å². The van der Waals surface area contributed by atoms with Gasteiger partial charge in [-0.15, -0.1) is 0 Å². The minimum Gasteiger partial charge on any atom is -0.462 e. The summed E-state index contributed by atoms with van der Waals surface area (Å²) in [5, 5.41) is 0. The largest absolute Gasteiger partial charge is 0.462 e. The Hall–Kier alpha value is -1.38. The van der Waals surface area contributed by atoms with Crippen LogP contribution in [0.5, 0.6) is 0 Å².